The van der Waals surface area contributed by atoms with Crippen LogP contribution in [0.1, 0.15) is 94.1 Å². The highest BCUT2D eigenvalue weighted by atomic mass is 14.4. The van der Waals surface area contributed by atoms with Crippen molar-refractivity contribution < 1.29 is 0 Å². The van der Waals surface area contributed by atoms with Crippen molar-refractivity contribution in [3.8, 4) is 0 Å². The molecule has 0 radical (unpaired) electrons. The summed E-state index contributed by atoms with van der Waals surface area (Å²) < 4.78 is 0. The maximum Gasteiger partial charge on any atom is -0.00985 e. The zero-order chi connectivity index (χ0) is 18.8. The molecule has 0 spiro atoms. The van der Waals surface area contributed by atoms with Crippen molar-refractivity contribution in [1.29, 1.82) is 0 Å². The molecule has 1 atom stereocenters. The van der Waals surface area contributed by atoms with Crippen molar-refractivity contribution in [2.75, 3.05) is 0 Å². The standard InChI is InChI=1S/C24H42/c1-21(2,3)16-20(22(4,5)6)17-23(7,8)18-24(9,10)19-14-12-11-13-15-19/h11-15,20H,16-18H2,1-10H3. The molecule has 1 rings (SSSR count). The van der Waals surface area contributed by atoms with E-state index < -0.39 is 0 Å². The number of hydrogen-bond donors (Lipinski definition) is 0. The molecule has 0 aliphatic carbocycles. The highest BCUT2D eigenvalue weighted by Gasteiger charge is 2.37. The molecule has 0 aromatic heterocycles. The molecule has 0 heteroatoms. The normalized spacial score (nSPS) is 15.4. The Balaban J connectivity index is 2.93. The van der Waals surface area contributed by atoms with Gasteiger partial charge in [-0.1, -0.05) is 99.6 Å². The molecular weight excluding hydrogens is 288 g/mol. The van der Waals surface area contributed by atoms with Crippen molar-refractivity contribution in [2.24, 2.45) is 22.2 Å². The second kappa shape index (κ2) is 7.22. The van der Waals surface area contributed by atoms with Crippen LogP contribution in [0.5, 0.6) is 0 Å². The van der Waals surface area contributed by atoms with Crippen LogP contribution < -0.4 is 0 Å². The smallest absolute Gasteiger partial charge is 0.00985 e. The summed E-state index contributed by atoms with van der Waals surface area (Å²) in [5.41, 5.74) is 2.77. The molecule has 0 saturated carbocycles. The quantitative estimate of drug-likeness (QED) is 0.497. The van der Waals surface area contributed by atoms with Crippen LogP contribution in [0.4, 0.5) is 0 Å². The average Bonchev–Trinajstić information content (AvgIpc) is 2.34. The van der Waals surface area contributed by atoms with E-state index in [-0.39, 0.29) is 5.41 Å². The minimum Gasteiger partial charge on any atom is -0.0622 e. The molecule has 0 nitrogen and oxygen atoms in total. The van der Waals surface area contributed by atoms with Gasteiger partial charge in [-0.25, -0.2) is 0 Å². The minimum absolute atomic E-state index is 0.217. The number of hydrogen-bond acceptors (Lipinski definition) is 0. The Labute approximate surface area is 152 Å². The lowest BCUT2D eigenvalue weighted by molar-refractivity contribution is 0.0930. The Kier molecular flexibility index (Phi) is 6.40. The molecule has 0 fully saturated rings. The third-order valence-corrected chi connectivity index (χ3v) is 5.36. The van der Waals surface area contributed by atoms with E-state index in [1.165, 1.54) is 24.8 Å². The van der Waals surface area contributed by atoms with Gasteiger partial charge in [-0.15, -0.1) is 0 Å². The molecule has 1 aromatic carbocycles. The summed E-state index contributed by atoms with van der Waals surface area (Å²) in [6, 6.07) is 11.0. The molecule has 1 aromatic rings. The molecule has 0 aliphatic heterocycles. The second-order valence-electron chi connectivity index (χ2n) is 11.6. The van der Waals surface area contributed by atoms with Crippen LogP contribution in [-0.2, 0) is 5.41 Å². The van der Waals surface area contributed by atoms with Gasteiger partial charge in [0.05, 0.1) is 0 Å². The molecule has 0 N–H and O–H groups in total. The second-order valence-corrected chi connectivity index (χ2v) is 11.6. The van der Waals surface area contributed by atoms with Gasteiger partial charge in [0.1, 0.15) is 0 Å². The van der Waals surface area contributed by atoms with Crippen molar-refractivity contribution in [2.45, 2.75) is 93.9 Å². The fourth-order valence-corrected chi connectivity index (χ4v) is 4.35. The third-order valence-electron chi connectivity index (χ3n) is 5.36. The first kappa shape index (κ1) is 21.3. The van der Waals surface area contributed by atoms with Gasteiger partial charge in [0.2, 0.25) is 0 Å². The summed E-state index contributed by atoms with van der Waals surface area (Å²) in [4.78, 5) is 0. The Hall–Kier alpha value is -0.780. The van der Waals surface area contributed by atoms with Crippen molar-refractivity contribution >= 4 is 0 Å². The van der Waals surface area contributed by atoms with Gasteiger partial charge in [0.25, 0.3) is 0 Å². The zero-order valence-electron chi connectivity index (χ0n) is 18.1. The summed E-state index contributed by atoms with van der Waals surface area (Å²) in [5, 5.41) is 0. The summed E-state index contributed by atoms with van der Waals surface area (Å²) in [5.74, 6) is 0.749. The van der Waals surface area contributed by atoms with Crippen LogP contribution in [0.25, 0.3) is 0 Å². The molecule has 0 aliphatic rings. The van der Waals surface area contributed by atoms with Crippen LogP contribution in [0.3, 0.4) is 0 Å². The fourth-order valence-electron chi connectivity index (χ4n) is 4.35. The predicted molar refractivity (Wildman–Crippen MR) is 110 cm³/mol. The van der Waals surface area contributed by atoms with Gasteiger partial charge >= 0.3 is 0 Å². The van der Waals surface area contributed by atoms with Gasteiger partial charge < -0.3 is 0 Å². The van der Waals surface area contributed by atoms with Crippen LogP contribution in [0.15, 0.2) is 30.3 Å². The number of rotatable bonds is 6. The highest BCUT2D eigenvalue weighted by molar-refractivity contribution is 5.23. The SMILES string of the molecule is CC(C)(C)CC(CC(C)(C)CC(C)(C)c1ccccc1)C(C)(C)C. The summed E-state index contributed by atoms with van der Waals surface area (Å²) in [6.07, 6.45) is 3.82. The van der Waals surface area contributed by atoms with E-state index in [0.29, 0.717) is 16.2 Å². The predicted octanol–water partition coefficient (Wildman–Crippen LogP) is 7.87. The first-order valence-corrected chi connectivity index (χ1v) is 9.68. The van der Waals surface area contributed by atoms with Gasteiger partial charge in [-0.05, 0) is 52.4 Å². The van der Waals surface area contributed by atoms with Crippen molar-refractivity contribution in [3.05, 3.63) is 35.9 Å². The first-order chi connectivity index (χ1) is 10.6. The van der Waals surface area contributed by atoms with E-state index in [9.17, 15) is 0 Å². The van der Waals surface area contributed by atoms with Crippen molar-refractivity contribution in [3.63, 3.8) is 0 Å². The van der Waals surface area contributed by atoms with E-state index in [0.717, 1.165) is 5.92 Å². The maximum absolute atomic E-state index is 2.47. The lowest BCUT2D eigenvalue weighted by atomic mass is 9.62. The summed E-state index contributed by atoms with van der Waals surface area (Å²) in [6.45, 7) is 24.1. The molecule has 0 amide bonds. The van der Waals surface area contributed by atoms with Crippen LogP contribution >= 0.6 is 0 Å². The molecule has 0 heterocycles. The van der Waals surface area contributed by atoms with E-state index in [1.807, 2.05) is 0 Å². The molecule has 24 heavy (non-hydrogen) atoms. The molecular formula is C24H42. The van der Waals surface area contributed by atoms with Gasteiger partial charge in [-0.2, -0.15) is 0 Å². The lowest BCUT2D eigenvalue weighted by Gasteiger charge is -2.43. The van der Waals surface area contributed by atoms with Crippen LogP contribution in [-0.4, -0.2) is 0 Å². The molecule has 0 saturated heterocycles. The highest BCUT2D eigenvalue weighted by Crippen LogP contribution is 2.46. The lowest BCUT2D eigenvalue weighted by Crippen LogP contribution is -2.33. The summed E-state index contributed by atoms with van der Waals surface area (Å²) >= 11 is 0. The first-order valence-electron chi connectivity index (χ1n) is 9.68. The topological polar surface area (TPSA) is 0 Å². The van der Waals surface area contributed by atoms with E-state index in [2.05, 4.69) is 99.6 Å². The fraction of sp³-hybridized carbons (Fsp3) is 0.750. The van der Waals surface area contributed by atoms with Gasteiger partial charge in [0, 0.05) is 0 Å². The van der Waals surface area contributed by atoms with Gasteiger partial charge in [-0.3, -0.25) is 0 Å². The minimum atomic E-state index is 0.217. The Morgan fingerprint density at radius 2 is 1.21 bits per heavy atom. The van der Waals surface area contributed by atoms with Crippen LogP contribution in [0.2, 0.25) is 0 Å². The maximum atomic E-state index is 2.47. The molecule has 138 valence electrons. The largest absolute Gasteiger partial charge is 0.0622 e. The number of benzene rings is 1. The Morgan fingerprint density at radius 1 is 0.708 bits per heavy atom. The van der Waals surface area contributed by atoms with Crippen molar-refractivity contribution in [1.82, 2.24) is 0 Å². The van der Waals surface area contributed by atoms with Crippen LogP contribution in [0, 0.1) is 22.2 Å². The Morgan fingerprint density at radius 3 is 1.62 bits per heavy atom. The zero-order valence-corrected chi connectivity index (χ0v) is 18.1. The van der Waals surface area contributed by atoms with E-state index >= 15 is 0 Å². The monoisotopic (exact) mass is 330 g/mol. The molecule has 1 unspecified atom stereocenters. The van der Waals surface area contributed by atoms with E-state index in [4.69, 9.17) is 0 Å². The Bertz CT molecular complexity index is 491. The third kappa shape index (κ3) is 6.99. The molecule has 0 bridgehead atoms. The average molecular weight is 331 g/mol. The van der Waals surface area contributed by atoms with Gasteiger partial charge in [0.15, 0.2) is 0 Å². The van der Waals surface area contributed by atoms with E-state index in [1.54, 1.807) is 0 Å². The summed E-state index contributed by atoms with van der Waals surface area (Å²) in [7, 11) is 0.